The first-order valence-electron chi connectivity index (χ1n) is 4.40. The molecule has 2 N–H and O–H groups in total. The van der Waals surface area contributed by atoms with Gasteiger partial charge in [-0.15, -0.1) is 0 Å². The van der Waals surface area contributed by atoms with Crippen LogP contribution in [0.15, 0.2) is 12.3 Å². The molecule has 0 bridgehead atoms. The highest BCUT2D eigenvalue weighted by atomic mass is 16.1. The van der Waals surface area contributed by atoms with Gasteiger partial charge in [-0.05, 0) is 25.0 Å². The van der Waals surface area contributed by atoms with Crippen LogP contribution in [-0.4, -0.2) is 10.8 Å². The van der Waals surface area contributed by atoms with Crippen molar-refractivity contribution in [1.29, 1.82) is 0 Å². The van der Waals surface area contributed by atoms with Crippen molar-refractivity contribution in [3.05, 3.63) is 23.4 Å². The first-order valence-corrected chi connectivity index (χ1v) is 4.40. The number of pyridine rings is 1. The van der Waals surface area contributed by atoms with Crippen LogP contribution in [0.1, 0.15) is 35.7 Å². The standard InChI is InChI=1S/C10H14N2O/c1-3-4-9(13)8-5-7(2)6-12-10(8)11/h5-6H,3-4H2,1-2H3,(H2,11,12). The van der Waals surface area contributed by atoms with Gasteiger partial charge in [-0.1, -0.05) is 6.92 Å². The summed E-state index contributed by atoms with van der Waals surface area (Å²) in [5, 5.41) is 0. The van der Waals surface area contributed by atoms with Gasteiger partial charge in [0.2, 0.25) is 0 Å². The number of anilines is 1. The summed E-state index contributed by atoms with van der Waals surface area (Å²) in [7, 11) is 0. The zero-order valence-electron chi connectivity index (χ0n) is 8.00. The zero-order valence-corrected chi connectivity index (χ0v) is 8.00. The molecule has 0 aromatic carbocycles. The van der Waals surface area contributed by atoms with Crippen LogP contribution < -0.4 is 5.73 Å². The van der Waals surface area contributed by atoms with E-state index in [2.05, 4.69) is 4.98 Å². The van der Waals surface area contributed by atoms with Gasteiger partial charge in [-0.3, -0.25) is 4.79 Å². The molecule has 0 unspecified atom stereocenters. The van der Waals surface area contributed by atoms with Crippen LogP contribution in [0.4, 0.5) is 5.82 Å². The maximum Gasteiger partial charge on any atom is 0.166 e. The summed E-state index contributed by atoms with van der Waals surface area (Å²) in [5.74, 6) is 0.417. The van der Waals surface area contributed by atoms with Crippen molar-refractivity contribution in [3.63, 3.8) is 0 Å². The molecule has 0 saturated carbocycles. The number of ketones is 1. The van der Waals surface area contributed by atoms with E-state index in [4.69, 9.17) is 5.73 Å². The topological polar surface area (TPSA) is 56.0 Å². The Balaban J connectivity index is 2.99. The maximum atomic E-state index is 11.5. The Kier molecular flexibility index (Phi) is 3.01. The zero-order chi connectivity index (χ0) is 9.84. The fraction of sp³-hybridized carbons (Fsp3) is 0.400. The molecule has 0 fully saturated rings. The first-order chi connectivity index (χ1) is 6.15. The Morgan fingerprint density at radius 1 is 1.62 bits per heavy atom. The van der Waals surface area contributed by atoms with E-state index in [1.165, 1.54) is 0 Å². The van der Waals surface area contributed by atoms with Gasteiger partial charge >= 0.3 is 0 Å². The predicted octanol–water partition coefficient (Wildman–Crippen LogP) is 1.96. The molecule has 70 valence electrons. The van der Waals surface area contributed by atoms with E-state index in [0.717, 1.165) is 12.0 Å². The predicted molar refractivity (Wildman–Crippen MR) is 52.6 cm³/mol. The number of hydrogen-bond donors (Lipinski definition) is 1. The molecule has 1 rings (SSSR count). The molecule has 3 heteroatoms. The van der Waals surface area contributed by atoms with Gasteiger partial charge in [0.1, 0.15) is 5.82 Å². The van der Waals surface area contributed by atoms with Gasteiger partial charge < -0.3 is 5.73 Å². The Hall–Kier alpha value is -1.38. The molecule has 0 spiro atoms. The molecule has 0 aliphatic carbocycles. The number of rotatable bonds is 3. The molecule has 3 nitrogen and oxygen atoms in total. The number of nitrogen functional groups attached to an aromatic ring is 1. The van der Waals surface area contributed by atoms with Gasteiger partial charge in [0, 0.05) is 12.6 Å². The van der Waals surface area contributed by atoms with Crippen molar-refractivity contribution in [3.8, 4) is 0 Å². The van der Waals surface area contributed by atoms with Crippen LogP contribution in [-0.2, 0) is 0 Å². The summed E-state index contributed by atoms with van der Waals surface area (Å²) in [6.07, 6.45) is 3.04. The van der Waals surface area contributed by atoms with Gasteiger partial charge in [0.05, 0.1) is 5.56 Å². The van der Waals surface area contributed by atoms with Crippen LogP contribution in [0, 0.1) is 6.92 Å². The largest absolute Gasteiger partial charge is 0.383 e. The molecule has 0 radical (unpaired) electrons. The number of nitrogens with two attached hydrogens (primary N) is 1. The molecule has 1 heterocycles. The molecular formula is C10H14N2O. The minimum atomic E-state index is 0.0798. The average Bonchev–Trinajstić information content (AvgIpc) is 2.09. The highest BCUT2D eigenvalue weighted by molar-refractivity contribution is 6.00. The molecule has 0 aliphatic heterocycles. The Bertz CT molecular complexity index is 321. The third-order valence-electron chi connectivity index (χ3n) is 1.83. The van der Waals surface area contributed by atoms with Crippen LogP contribution in [0.5, 0.6) is 0 Å². The van der Waals surface area contributed by atoms with E-state index < -0.39 is 0 Å². The lowest BCUT2D eigenvalue weighted by Gasteiger charge is -2.03. The Morgan fingerprint density at radius 3 is 2.92 bits per heavy atom. The summed E-state index contributed by atoms with van der Waals surface area (Å²) in [5.41, 5.74) is 7.11. The Morgan fingerprint density at radius 2 is 2.31 bits per heavy atom. The SMILES string of the molecule is CCCC(=O)c1cc(C)cnc1N. The van der Waals surface area contributed by atoms with Crippen molar-refractivity contribution in [2.24, 2.45) is 0 Å². The van der Waals surface area contributed by atoms with Crippen LogP contribution in [0.25, 0.3) is 0 Å². The first kappa shape index (κ1) is 9.71. The van der Waals surface area contributed by atoms with Crippen LogP contribution >= 0.6 is 0 Å². The summed E-state index contributed by atoms with van der Waals surface area (Å²) in [4.78, 5) is 15.4. The number of carbonyl (C=O) groups excluding carboxylic acids is 1. The lowest BCUT2D eigenvalue weighted by atomic mass is 10.1. The lowest BCUT2D eigenvalue weighted by Crippen LogP contribution is -2.05. The van der Waals surface area contributed by atoms with Crippen molar-refractivity contribution in [2.75, 3.05) is 5.73 Å². The molecule has 0 saturated heterocycles. The number of hydrogen-bond acceptors (Lipinski definition) is 3. The van der Waals surface area contributed by atoms with E-state index in [1.807, 2.05) is 13.8 Å². The molecular weight excluding hydrogens is 164 g/mol. The van der Waals surface area contributed by atoms with Gasteiger partial charge in [-0.2, -0.15) is 0 Å². The minimum Gasteiger partial charge on any atom is -0.383 e. The monoisotopic (exact) mass is 178 g/mol. The average molecular weight is 178 g/mol. The molecule has 13 heavy (non-hydrogen) atoms. The molecule has 0 amide bonds. The number of aromatic nitrogens is 1. The minimum absolute atomic E-state index is 0.0798. The summed E-state index contributed by atoms with van der Waals surface area (Å²) in [6.45, 7) is 3.87. The van der Waals surface area contributed by atoms with E-state index in [0.29, 0.717) is 17.8 Å². The smallest absolute Gasteiger partial charge is 0.166 e. The van der Waals surface area contributed by atoms with Crippen LogP contribution in [0.2, 0.25) is 0 Å². The fourth-order valence-electron chi connectivity index (χ4n) is 1.16. The molecule has 1 aromatic rings. The van der Waals surface area contributed by atoms with E-state index >= 15 is 0 Å². The molecule has 1 aromatic heterocycles. The van der Waals surface area contributed by atoms with Crippen molar-refractivity contribution in [1.82, 2.24) is 4.98 Å². The number of carbonyl (C=O) groups is 1. The van der Waals surface area contributed by atoms with E-state index in [-0.39, 0.29) is 5.78 Å². The Labute approximate surface area is 78.0 Å². The number of Topliss-reactive ketones (excluding diaryl/α,β-unsaturated/α-hetero) is 1. The molecule has 0 aliphatic rings. The summed E-state index contributed by atoms with van der Waals surface area (Å²) in [6, 6.07) is 1.79. The number of nitrogens with zero attached hydrogens (tertiary/aromatic N) is 1. The third kappa shape index (κ3) is 2.28. The number of aryl methyl sites for hydroxylation is 1. The van der Waals surface area contributed by atoms with E-state index in [1.54, 1.807) is 12.3 Å². The van der Waals surface area contributed by atoms with Gasteiger partial charge in [-0.25, -0.2) is 4.98 Å². The second kappa shape index (κ2) is 4.03. The molecule has 0 atom stereocenters. The van der Waals surface area contributed by atoms with E-state index in [9.17, 15) is 4.79 Å². The second-order valence-electron chi connectivity index (χ2n) is 3.12. The third-order valence-corrected chi connectivity index (χ3v) is 1.83. The van der Waals surface area contributed by atoms with Crippen molar-refractivity contribution in [2.45, 2.75) is 26.7 Å². The highest BCUT2D eigenvalue weighted by Gasteiger charge is 2.09. The fourth-order valence-corrected chi connectivity index (χ4v) is 1.16. The quantitative estimate of drug-likeness (QED) is 0.720. The van der Waals surface area contributed by atoms with Gasteiger partial charge in [0.15, 0.2) is 5.78 Å². The second-order valence-corrected chi connectivity index (χ2v) is 3.12. The van der Waals surface area contributed by atoms with Crippen molar-refractivity contribution >= 4 is 11.6 Å². The summed E-state index contributed by atoms with van der Waals surface area (Å²) >= 11 is 0. The van der Waals surface area contributed by atoms with Crippen molar-refractivity contribution < 1.29 is 4.79 Å². The van der Waals surface area contributed by atoms with Gasteiger partial charge in [0.25, 0.3) is 0 Å². The van der Waals surface area contributed by atoms with Crippen LogP contribution in [0.3, 0.4) is 0 Å². The summed E-state index contributed by atoms with van der Waals surface area (Å²) < 4.78 is 0. The lowest BCUT2D eigenvalue weighted by molar-refractivity contribution is 0.0982. The maximum absolute atomic E-state index is 11.5. The normalized spacial score (nSPS) is 10.0. The highest BCUT2D eigenvalue weighted by Crippen LogP contribution is 2.13.